The summed E-state index contributed by atoms with van der Waals surface area (Å²) < 4.78 is 18.8. The van der Waals surface area contributed by atoms with Crippen LogP contribution in [-0.2, 0) is 4.79 Å². The molecule has 0 unspecified atom stereocenters. The summed E-state index contributed by atoms with van der Waals surface area (Å²) in [6.07, 6.45) is 4.28. The average molecular weight is 440 g/mol. The SMILES string of the molecule is O=C(COc1ccc(Cl)c(F)c1)CC12CC(NC(=O)c3ncc4ccccc4n3)(C1)C2. The van der Waals surface area contributed by atoms with E-state index in [0.29, 0.717) is 6.42 Å². The van der Waals surface area contributed by atoms with Gasteiger partial charge in [-0.25, -0.2) is 14.4 Å². The normalized spacial score (nSPS) is 23.5. The number of rotatable bonds is 7. The van der Waals surface area contributed by atoms with Crippen LogP contribution in [0.4, 0.5) is 4.39 Å². The first-order valence-electron chi connectivity index (χ1n) is 9.99. The topological polar surface area (TPSA) is 81.2 Å². The van der Waals surface area contributed by atoms with Gasteiger partial charge in [-0.2, -0.15) is 0 Å². The molecule has 6 rings (SSSR count). The third kappa shape index (κ3) is 3.74. The van der Waals surface area contributed by atoms with Crippen molar-refractivity contribution in [3.05, 3.63) is 65.3 Å². The van der Waals surface area contributed by atoms with Gasteiger partial charge in [0, 0.05) is 29.6 Å². The van der Waals surface area contributed by atoms with Crippen LogP contribution in [0.1, 0.15) is 36.3 Å². The molecule has 3 aromatic rings. The molecule has 1 heterocycles. The second-order valence-electron chi connectivity index (χ2n) is 8.60. The number of nitrogens with one attached hydrogen (secondary N) is 1. The number of hydrogen-bond acceptors (Lipinski definition) is 5. The molecule has 1 amide bonds. The Balaban J connectivity index is 1.12. The average Bonchev–Trinajstić information content (AvgIpc) is 2.71. The maximum Gasteiger partial charge on any atom is 0.289 e. The highest BCUT2D eigenvalue weighted by molar-refractivity contribution is 6.30. The summed E-state index contributed by atoms with van der Waals surface area (Å²) in [5.74, 6) is -0.505. The molecule has 8 heteroatoms. The van der Waals surface area contributed by atoms with E-state index in [1.54, 1.807) is 6.20 Å². The third-order valence-electron chi connectivity index (χ3n) is 6.07. The second kappa shape index (κ2) is 7.27. The van der Waals surface area contributed by atoms with Gasteiger partial charge in [0.1, 0.15) is 18.2 Å². The molecule has 1 N–H and O–H groups in total. The zero-order valence-corrected chi connectivity index (χ0v) is 17.3. The molecule has 3 fully saturated rings. The largest absolute Gasteiger partial charge is 0.486 e. The predicted octanol–water partition coefficient (Wildman–Crippen LogP) is 4.11. The number of ketones is 1. The quantitative estimate of drug-likeness (QED) is 0.599. The highest BCUT2D eigenvalue weighted by Gasteiger charge is 2.68. The molecule has 158 valence electrons. The standard InChI is InChI=1S/C23H19ClFN3O3/c24-17-6-5-16(7-18(17)25)31-10-15(29)8-22-11-23(12-22,13-22)28-21(30)20-26-9-14-3-1-2-4-19(14)27-20/h1-7,9H,8,10-13H2,(H,28,30). The summed E-state index contributed by atoms with van der Waals surface area (Å²) in [7, 11) is 0. The van der Waals surface area contributed by atoms with Gasteiger partial charge < -0.3 is 10.1 Å². The number of hydrogen-bond donors (Lipinski definition) is 1. The molecule has 3 aliphatic carbocycles. The van der Waals surface area contributed by atoms with E-state index in [4.69, 9.17) is 16.3 Å². The van der Waals surface area contributed by atoms with Gasteiger partial charge >= 0.3 is 0 Å². The predicted molar refractivity (Wildman–Crippen MR) is 113 cm³/mol. The molecule has 2 bridgehead atoms. The van der Waals surface area contributed by atoms with Crippen molar-refractivity contribution >= 4 is 34.2 Å². The number of nitrogens with zero attached hydrogens (tertiary/aromatic N) is 2. The molecule has 3 aliphatic rings. The Hall–Kier alpha value is -3.06. The van der Waals surface area contributed by atoms with Crippen molar-refractivity contribution in [1.82, 2.24) is 15.3 Å². The molecule has 1 aromatic heterocycles. The van der Waals surface area contributed by atoms with Gasteiger partial charge in [-0.1, -0.05) is 29.8 Å². The van der Waals surface area contributed by atoms with E-state index in [-0.39, 0.29) is 45.8 Å². The Morgan fingerprint density at radius 3 is 2.71 bits per heavy atom. The number of ether oxygens (including phenoxy) is 1. The van der Waals surface area contributed by atoms with Gasteiger partial charge in [-0.05, 0) is 42.9 Å². The van der Waals surface area contributed by atoms with E-state index in [9.17, 15) is 14.0 Å². The Kier molecular flexibility index (Phi) is 4.66. The van der Waals surface area contributed by atoms with Crippen molar-refractivity contribution in [3.63, 3.8) is 0 Å². The smallest absolute Gasteiger partial charge is 0.289 e. The van der Waals surface area contributed by atoms with Crippen molar-refractivity contribution in [3.8, 4) is 5.75 Å². The molecule has 0 saturated heterocycles. The first-order chi connectivity index (χ1) is 14.9. The van der Waals surface area contributed by atoms with Gasteiger partial charge in [0.15, 0.2) is 5.78 Å². The summed E-state index contributed by atoms with van der Waals surface area (Å²) >= 11 is 5.64. The number of halogens is 2. The molecular formula is C23H19ClFN3O3. The number of carbonyl (C=O) groups excluding carboxylic acids is 2. The highest BCUT2D eigenvalue weighted by atomic mass is 35.5. The zero-order chi connectivity index (χ0) is 21.6. The number of carbonyl (C=O) groups is 2. The van der Waals surface area contributed by atoms with Crippen LogP contribution in [-0.4, -0.2) is 33.8 Å². The molecule has 0 aliphatic heterocycles. The number of Topliss-reactive ketones (excluding diaryl/α,β-unsaturated/α-hetero) is 1. The van der Waals surface area contributed by atoms with Crippen LogP contribution >= 0.6 is 11.6 Å². The molecule has 3 saturated carbocycles. The Labute approximate surface area is 182 Å². The fraction of sp³-hybridized carbons (Fsp3) is 0.304. The lowest BCUT2D eigenvalue weighted by atomic mass is 9.38. The van der Waals surface area contributed by atoms with Crippen molar-refractivity contribution in [1.29, 1.82) is 0 Å². The zero-order valence-electron chi connectivity index (χ0n) is 16.5. The Morgan fingerprint density at radius 2 is 1.94 bits per heavy atom. The first kappa shape index (κ1) is 19.9. The molecule has 0 radical (unpaired) electrons. The van der Waals surface area contributed by atoms with Crippen LogP contribution in [0.2, 0.25) is 5.02 Å². The van der Waals surface area contributed by atoms with E-state index >= 15 is 0 Å². The summed E-state index contributed by atoms with van der Waals surface area (Å²) in [4.78, 5) is 33.4. The molecule has 6 nitrogen and oxygen atoms in total. The maximum absolute atomic E-state index is 13.5. The molecular weight excluding hydrogens is 421 g/mol. The van der Waals surface area contributed by atoms with Crippen LogP contribution in [0.15, 0.2) is 48.7 Å². The van der Waals surface area contributed by atoms with E-state index in [1.807, 2.05) is 24.3 Å². The minimum absolute atomic E-state index is 0.00831. The van der Waals surface area contributed by atoms with Crippen LogP contribution in [0.25, 0.3) is 10.9 Å². The number of aromatic nitrogens is 2. The monoisotopic (exact) mass is 439 g/mol. The van der Waals surface area contributed by atoms with Gasteiger partial charge in [0.2, 0.25) is 5.82 Å². The van der Waals surface area contributed by atoms with E-state index in [2.05, 4.69) is 15.3 Å². The fourth-order valence-corrected chi connectivity index (χ4v) is 5.01. The fourth-order valence-electron chi connectivity index (χ4n) is 4.90. The number of fused-ring (bicyclic) bond motifs is 1. The van der Waals surface area contributed by atoms with Gasteiger partial charge in [0.25, 0.3) is 5.91 Å². The number of amides is 1. The molecule has 0 spiro atoms. The van der Waals surface area contributed by atoms with Crippen molar-refractivity contribution in [2.45, 2.75) is 31.2 Å². The summed E-state index contributed by atoms with van der Waals surface area (Å²) in [5, 5.41) is 3.93. The number of benzene rings is 2. The van der Waals surface area contributed by atoms with Crippen molar-refractivity contribution in [2.24, 2.45) is 5.41 Å². The lowest BCUT2D eigenvalue weighted by Gasteiger charge is -2.70. The second-order valence-corrected chi connectivity index (χ2v) is 9.00. The van der Waals surface area contributed by atoms with E-state index < -0.39 is 5.82 Å². The van der Waals surface area contributed by atoms with Gasteiger partial charge in [-0.15, -0.1) is 0 Å². The summed E-state index contributed by atoms with van der Waals surface area (Å²) in [6, 6.07) is 11.6. The van der Waals surface area contributed by atoms with Crippen molar-refractivity contribution in [2.75, 3.05) is 6.61 Å². The van der Waals surface area contributed by atoms with E-state index in [0.717, 1.165) is 36.2 Å². The Bertz CT molecular complexity index is 1200. The number of para-hydroxylation sites is 1. The lowest BCUT2D eigenvalue weighted by molar-refractivity contribution is -0.162. The lowest BCUT2D eigenvalue weighted by Crippen LogP contribution is -2.75. The van der Waals surface area contributed by atoms with Crippen LogP contribution < -0.4 is 10.1 Å². The summed E-state index contributed by atoms with van der Waals surface area (Å²) in [5.41, 5.74) is 0.373. The molecule has 2 aromatic carbocycles. The first-order valence-corrected chi connectivity index (χ1v) is 10.4. The minimum Gasteiger partial charge on any atom is -0.486 e. The minimum atomic E-state index is -0.584. The maximum atomic E-state index is 13.5. The van der Waals surface area contributed by atoms with Crippen LogP contribution in [0.3, 0.4) is 0 Å². The highest BCUT2D eigenvalue weighted by Crippen LogP contribution is 2.69. The summed E-state index contributed by atoms with van der Waals surface area (Å²) in [6.45, 7) is -0.118. The van der Waals surface area contributed by atoms with Crippen molar-refractivity contribution < 1.29 is 18.7 Å². The van der Waals surface area contributed by atoms with E-state index in [1.165, 1.54) is 12.1 Å². The van der Waals surface area contributed by atoms with Crippen LogP contribution in [0, 0.1) is 11.2 Å². The Morgan fingerprint density at radius 1 is 1.16 bits per heavy atom. The molecule has 31 heavy (non-hydrogen) atoms. The third-order valence-corrected chi connectivity index (χ3v) is 6.38. The van der Waals surface area contributed by atoms with Gasteiger partial charge in [0.05, 0.1) is 10.5 Å². The van der Waals surface area contributed by atoms with Crippen LogP contribution in [0.5, 0.6) is 5.75 Å². The molecule has 0 atom stereocenters. The van der Waals surface area contributed by atoms with Gasteiger partial charge in [-0.3, -0.25) is 9.59 Å².